The molecule has 11 heavy (non-hydrogen) atoms. The molecule has 2 nitrogen and oxygen atoms in total. The molecule has 0 aromatic heterocycles. The van der Waals surface area contributed by atoms with Crippen molar-refractivity contribution in [3.63, 3.8) is 0 Å². The molecule has 1 heterocycles. The Balaban J connectivity index is 1.86. The molecule has 1 aliphatic heterocycles. The highest BCUT2D eigenvalue weighted by Gasteiger charge is 2.12. The smallest absolute Gasteiger partial charge is 0.0597 e. The Kier molecular flexibility index (Phi) is 3.87. The summed E-state index contributed by atoms with van der Waals surface area (Å²) in [7, 11) is 0. The van der Waals surface area contributed by atoms with Gasteiger partial charge in [0, 0.05) is 6.54 Å². The van der Waals surface area contributed by atoms with Gasteiger partial charge in [0.05, 0.1) is 12.7 Å². The van der Waals surface area contributed by atoms with Crippen LogP contribution in [-0.2, 0) is 4.74 Å². The van der Waals surface area contributed by atoms with E-state index in [0.29, 0.717) is 6.10 Å². The Morgan fingerprint density at radius 3 is 2.64 bits per heavy atom. The molecule has 0 aliphatic carbocycles. The van der Waals surface area contributed by atoms with E-state index in [4.69, 9.17) is 4.74 Å². The number of nitrogens with zero attached hydrogens (tertiary/aromatic N) is 1. The molecule has 1 fully saturated rings. The summed E-state index contributed by atoms with van der Waals surface area (Å²) in [6.07, 6.45) is 2.94. The number of hydrogen-bond acceptors (Lipinski definition) is 2. The minimum Gasteiger partial charge on any atom is -0.377 e. The second-order valence-corrected chi connectivity index (χ2v) is 3.28. The summed E-state index contributed by atoms with van der Waals surface area (Å²) in [6, 6.07) is 0. The zero-order chi connectivity index (χ0) is 8.10. The maximum atomic E-state index is 5.56. The predicted molar refractivity (Wildman–Crippen MR) is 46.8 cm³/mol. The van der Waals surface area contributed by atoms with Crippen LogP contribution >= 0.6 is 0 Å². The van der Waals surface area contributed by atoms with E-state index < -0.39 is 0 Å². The van der Waals surface area contributed by atoms with Gasteiger partial charge in [-0.25, -0.2) is 0 Å². The van der Waals surface area contributed by atoms with E-state index in [9.17, 15) is 0 Å². The molecule has 0 bridgehead atoms. The molecule has 1 aliphatic rings. The van der Waals surface area contributed by atoms with Gasteiger partial charge in [0.25, 0.3) is 0 Å². The third kappa shape index (κ3) is 3.21. The zero-order valence-corrected chi connectivity index (χ0v) is 7.68. The number of rotatable bonds is 5. The second-order valence-electron chi connectivity index (χ2n) is 3.28. The van der Waals surface area contributed by atoms with Crippen LogP contribution in [-0.4, -0.2) is 37.2 Å². The molecule has 0 N–H and O–H groups in total. The first-order valence-corrected chi connectivity index (χ1v) is 4.67. The van der Waals surface area contributed by atoms with Crippen molar-refractivity contribution in [2.75, 3.05) is 26.2 Å². The summed E-state index contributed by atoms with van der Waals surface area (Å²) in [4.78, 5) is 2.43. The third-order valence-corrected chi connectivity index (χ3v) is 2.33. The van der Waals surface area contributed by atoms with Crippen LogP contribution in [0.3, 0.4) is 0 Å². The van der Waals surface area contributed by atoms with Crippen LogP contribution in [0.15, 0.2) is 0 Å². The van der Waals surface area contributed by atoms with Crippen LogP contribution in [0.1, 0.15) is 26.7 Å². The molecule has 1 saturated heterocycles. The van der Waals surface area contributed by atoms with Crippen molar-refractivity contribution in [3.05, 3.63) is 0 Å². The molecule has 0 spiro atoms. The lowest BCUT2D eigenvalue weighted by Crippen LogP contribution is -2.39. The summed E-state index contributed by atoms with van der Waals surface area (Å²) in [5.74, 6) is 0. The lowest BCUT2D eigenvalue weighted by Gasteiger charge is -2.30. The first-order chi connectivity index (χ1) is 5.33. The molecule has 1 unspecified atom stereocenters. The Bertz CT molecular complexity index is 97.0. The van der Waals surface area contributed by atoms with Gasteiger partial charge >= 0.3 is 0 Å². The molecule has 0 saturated carbocycles. The predicted octanol–water partition coefficient (Wildman–Crippen LogP) is 1.51. The minimum atomic E-state index is 0.441. The third-order valence-electron chi connectivity index (χ3n) is 2.33. The Hall–Kier alpha value is -0.0800. The maximum Gasteiger partial charge on any atom is 0.0597 e. The van der Waals surface area contributed by atoms with E-state index in [1.54, 1.807) is 0 Å². The first kappa shape index (κ1) is 9.01. The topological polar surface area (TPSA) is 12.5 Å². The van der Waals surface area contributed by atoms with E-state index in [2.05, 4.69) is 18.7 Å². The molecule has 2 heteroatoms. The summed E-state index contributed by atoms with van der Waals surface area (Å²) in [5, 5.41) is 0. The van der Waals surface area contributed by atoms with Gasteiger partial charge < -0.3 is 9.64 Å². The summed E-state index contributed by atoms with van der Waals surface area (Å²) in [6.45, 7) is 8.90. The van der Waals surface area contributed by atoms with E-state index in [1.807, 2.05) is 0 Å². The molecule has 0 aromatic carbocycles. The van der Waals surface area contributed by atoms with Gasteiger partial charge in [0.15, 0.2) is 0 Å². The van der Waals surface area contributed by atoms with Crippen molar-refractivity contribution >= 4 is 0 Å². The average Bonchev–Trinajstić information content (AvgIpc) is 1.94. The molecule has 1 atom stereocenters. The van der Waals surface area contributed by atoms with Crippen molar-refractivity contribution < 1.29 is 4.74 Å². The van der Waals surface area contributed by atoms with Gasteiger partial charge in [0.1, 0.15) is 0 Å². The van der Waals surface area contributed by atoms with E-state index >= 15 is 0 Å². The van der Waals surface area contributed by atoms with Gasteiger partial charge in [-0.05, 0) is 32.9 Å². The normalized spacial score (nSPS) is 21.3. The fourth-order valence-corrected chi connectivity index (χ4v) is 1.11. The lowest BCUT2D eigenvalue weighted by molar-refractivity contribution is 0.0344. The van der Waals surface area contributed by atoms with Crippen molar-refractivity contribution in [2.45, 2.75) is 32.8 Å². The second kappa shape index (κ2) is 4.73. The SMILES string of the molecule is CCC(C)OCCN1CCC1. The van der Waals surface area contributed by atoms with Crippen LogP contribution in [0.5, 0.6) is 0 Å². The number of ether oxygens (including phenoxy) is 1. The average molecular weight is 157 g/mol. The number of likely N-dealkylation sites (tertiary alicyclic amines) is 1. The standard InChI is InChI=1S/C9H19NO/c1-3-9(2)11-8-7-10-5-4-6-10/h9H,3-8H2,1-2H3. The molecular weight excluding hydrogens is 138 g/mol. The minimum absolute atomic E-state index is 0.441. The van der Waals surface area contributed by atoms with Crippen LogP contribution < -0.4 is 0 Å². The van der Waals surface area contributed by atoms with E-state index in [0.717, 1.165) is 19.6 Å². The summed E-state index contributed by atoms with van der Waals surface area (Å²) >= 11 is 0. The Labute approximate surface area is 69.5 Å². The molecule has 1 rings (SSSR count). The van der Waals surface area contributed by atoms with Gasteiger partial charge in [-0.2, -0.15) is 0 Å². The van der Waals surface area contributed by atoms with Crippen molar-refractivity contribution in [1.82, 2.24) is 4.90 Å². The van der Waals surface area contributed by atoms with Gasteiger partial charge in [0.2, 0.25) is 0 Å². The highest BCUT2D eigenvalue weighted by atomic mass is 16.5. The van der Waals surface area contributed by atoms with Crippen LogP contribution in [0.2, 0.25) is 0 Å². The molecule has 0 radical (unpaired) electrons. The largest absolute Gasteiger partial charge is 0.377 e. The highest BCUT2D eigenvalue weighted by molar-refractivity contribution is 4.67. The van der Waals surface area contributed by atoms with Gasteiger partial charge in [-0.15, -0.1) is 0 Å². The monoisotopic (exact) mass is 157 g/mol. The summed E-state index contributed by atoms with van der Waals surface area (Å²) in [5.41, 5.74) is 0. The first-order valence-electron chi connectivity index (χ1n) is 4.67. The Morgan fingerprint density at radius 2 is 2.18 bits per heavy atom. The highest BCUT2D eigenvalue weighted by Crippen LogP contribution is 2.04. The molecule has 0 amide bonds. The quantitative estimate of drug-likeness (QED) is 0.599. The van der Waals surface area contributed by atoms with E-state index in [1.165, 1.54) is 19.5 Å². The van der Waals surface area contributed by atoms with Gasteiger partial charge in [-0.3, -0.25) is 0 Å². The van der Waals surface area contributed by atoms with Crippen molar-refractivity contribution in [1.29, 1.82) is 0 Å². The molecular formula is C9H19NO. The maximum absolute atomic E-state index is 5.56. The fraction of sp³-hybridized carbons (Fsp3) is 1.00. The number of hydrogen-bond donors (Lipinski definition) is 0. The summed E-state index contributed by atoms with van der Waals surface area (Å²) < 4.78 is 5.56. The van der Waals surface area contributed by atoms with Crippen LogP contribution in [0.4, 0.5) is 0 Å². The fourth-order valence-electron chi connectivity index (χ4n) is 1.11. The van der Waals surface area contributed by atoms with E-state index in [-0.39, 0.29) is 0 Å². The van der Waals surface area contributed by atoms with Crippen molar-refractivity contribution in [2.24, 2.45) is 0 Å². The molecule has 0 aromatic rings. The molecule has 66 valence electrons. The van der Waals surface area contributed by atoms with Crippen LogP contribution in [0.25, 0.3) is 0 Å². The van der Waals surface area contributed by atoms with Crippen molar-refractivity contribution in [3.8, 4) is 0 Å². The van der Waals surface area contributed by atoms with Gasteiger partial charge in [-0.1, -0.05) is 6.92 Å². The Morgan fingerprint density at radius 1 is 1.45 bits per heavy atom. The zero-order valence-electron chi connectivity index (χ0n) is 7.68. The lowest BCUT2D eigenvalue weighted by atomic mass is 10.2. The van der Waals surface area contributed by atoms with Crippen LogP contribution in [0, 0.1) is 0 Å².